The van der Waals surface area contributed by atoms with Gasteiger partial charge in [-0.1, -0.05) is 34.6 Å². The zero-order valence-corrected chi connectivity index (χ0v) is 21.7. The largest absolute Gasteiger partial charge is 0.390 e. The first-order chi connectivity index (χ1) is 14.3. The Morgan fingerprint density at radius 2 is 1.55 bits per heavy atom. The Balaban J connectivity index is 1.47. The Morgan fingerprint density at radius 3 is 2.23 bits per heavy atom. The van der Waals surface area contributed by atoms with Crippen molar-refractivity contribution in [2.45, 2.75) is 130 Å². The summed E-state index contributed by atoms with van der Waals surface area (Å²) < 4.78 is 0. The lowest BCUT2D eigenvalue weighted by atomic mass is 9.43. The maximum absolute atomic E-state index is 10.8. The van der Waals surface area contributed by atoms with E-state index in [0.717, 1.165) is 48.9 Å². The van der Waals surface area contributed by atoms with Gasteiger partial charge in [-0.05, 0) is 137 Å². The monoisotopic (exact) mass is 432 g/mol. The normalized spacial score (nSPS) is 50.3. The van der Waals surface area contributed by atoms with Crippen LogP contribution in [0.3, 0.4) is 0 Å². The van der Waals surface area contributed by atoms with E-state index in [1.807, 2.05) is 6.92 Å². The lowest BCUT2D eigenvalue weighted by molar-refractivity contribution is -0.148. The third-order valence-corrected chi connectivity index (χ3v) is 12.1. The van der Waals surface area contributed by atoms with Crippen LogP contribution in [0.4, 0.5) is 0 Å². The minimum absolute atomic E-state index is 0.328. The third-order valence-electron chi connectivity index (χ3n) is 12.1. The topological polar surface area (TPSA) is 40.5 Å². The molecule has 2 heteroatoms. The van der Waals surface area contributed by atoms with Crippen molar-refractivity contribution in [3.8, 4) is 0 Å². The van der Waals surface area contributed by atoms with Gasteiger partial charge in [0.05, 0.1) is 11.2 Å². The second-order valence-corrected chi connectivity index (χ2v) is 14.1. The lowest BCUT2D eigenvalue weighted by Gasteiger charge is -2.62. The van der Waals surface area contributed by atoms with E-state index in [0.29, 0.717) is 22.7 Å². The number of fused-ring (bicyclic) bond motifs is 5. The van der Waals surface area contributed by atoms with E-state index in [2.05, 4.69) is 41.5 Å². The Labute approximate surface area is 193 Å². The molecule has 0 amide bonds. The summed E-state index contributed by atoms with van der Waals surface area (Å²) in [6, 6.07) is 0. The van der Waals surface area contributed by atoms with Gasteiger partial charge in [0.1, 0.15) is 0 Å². The van der Waals surface area contributed by atoms with Crippen LogP contribution in [0.25, 0.3) is 0 Å². The Morgan fingerprint density at radius 1 is 0.871 bits per heavy atom. The van der Waals surface area contributed by atoms with Crippen molar-refractivity contribution in [2.75, 3.05) is 0 Å². The minimum Gasteiger partial charge on any atom is -0.390 e. The second kappa shape index (κ2) is 8.00. The van der Waals surface area contributed by atoms with Gasteiger partial charge < -0.3 is 10.2 Å². The summed E-state index contributed by atoms with van der Waals surface area (Å²) in [4.78, 5) is 0. The highest BCUT2D eigenvalue weighted by Gasteiger charge is 2.61. The molecule has 0 aromatic carbocycles. The summed E-state index contributed by atoms with van der Waals surface area (Å²) in [7, 11) is 0. The van der Waals surface area contributed by atoms with E-state index in [-0.39, 0.29) is 0 Å². The van der Waals surface area contributed by atoms with Gasteiger partial charge >= 0.3 is 0 Å². The van der Waals surface area contributed by atoms with Gasteiger partial charge in [0.25, 0.3) is 0 Å². The molecule has 4 saturated carbocycles. The molecule has 180 valence electrons. The molecule has 0 saturated heterocycles. The van der Waals surface area contributed by atoms with Crippen LogP contribution in [0.5, 0.6) is 0 Å². The highest BCUT2D eigenvalue weighted by molar-refractivity contribution is 5.10. The van der Waals surface area contributed by atoms with Gasteiger partial charge in [-0.3, -0.25) is 0 Å². The summed E-state index contributed by atoms with van der Waals surface area (Å²) in [6.45, 7) is 16.2. The van der Waals surface area contributed by atoms with Crippen molar-refractivity contribution >= 4 is 0 Å². The predicted molar refractivity (Wildman–Crippen MR) is 130 cm³/mol. The van der Waals surface area contributed by atoms with Gasteiger partial charge in [0.15, 0.2) is 0 Å². The van der Waals surface area contributed by atoms with Crippen molar-refractivity contribution in [3.05, 3.63) is 0 Å². The number of rotatable bonds is 5. The number of hydrogen-bond acceptors (Lipinski definition) is 2. The molecule has 4 aliphatic rings. The first kappa shape index (κ1) is 24.1. The summed E-state index contributed by atoms with van der Waals surface area (Å²) in [5.41, 5.74) is 0.0189. The van der Waals surface area contributed by atoms with Crippen LogP contribution < -0.4 is 0 Å². The summed E-state index contributed by atoms with van der Waals surface area (Å²) in [6.07, 6.45) is 13.8. The average Bonchev–Trinajstić information content (AvgIpc) is 3.04. The van der Waals surface area contributed by atoms with E-state index in [1.165, 1.54) is 51.4 Å². The van der Waals surface area contributed by atoms with Crippen molar-refractivity contribution < 1.29 is 10.2 Å². The maximum Gasteiger partial charge on any atom is 0.0642 e. The molecule has 31 heavy (non-hydrogen) atoms. The third kappa shape index (κ3) is 4.05. The molecule has 0 bridgehead atoms. The molecule has 2 nitrogen and oxygen atoms in total. The zero-order valence-electron chi connectivity index (χ0n) is 21.7. The molecule has 0 aromatic rings. The molecule has 4 fully saturated rings. The lowest BCUT2D eigenvalue weighted by Crippen LogP contribution is -2.55. The fraction of sp³-hybridized carbons (Fsp3) is 1.00. The first-order valence-corrected chi connectivity index (χ1v) is 13.7. The van der Waals surface area contributed by atoms with Gasteiger partial charge in [-0.25, -0.2) is 0 Å². The number of hydrogen-bond donors (Lipinski definition) is 2. The smallest absolute Gasteiger partial charge is 0.0642 e. The molecule has 1 unspecified atom stereocenters. The van der Waals surface area contributed by atoms with Crippen LogP contribution in [0.2, 0.25) is 0 Å². The number of aliphatic hydroxyl groups is 2. The maximum atomic E-state index is 10.8. The Bertz CT molecular complexity index is 651. The molecule has 2 N–H and O–H groups in total. The molecule has 10 atom stereocenters. The van der Waals surface area contributed by atoms with Gasteiger partial charge in [0, 0.05) is 0 Å². The van der Waals surface area contributed by atoms with Crippen molar-refractivity contribution in [2.24, 2.45) is 52.3 Å². The van der Waals surface area contributed by atoms with Crippen molar-refractivity contribution in [1.82, 2.24) is 0 Å². The van der Waals surface area contributed by atoms with Crippen LogP contribution in [0, 0.1) is 52.3 Å². The second-order valence-electron chi connectivity index (χ2n) is 14.1. The van der Waals surface area contributed by atoms with E-state index in [4.69, 9.17) is 0 Å². The Hall–Kier alpha value is -0.0800. The van der Waals surface area contributed by atoms with Crippen LogP contribution >= 0.6 is 0 Å². The molecule has 0 heterocycles. The van der Waals surface area contributed by atoms with E-state index < -0.39 is 11.2 Å². The Kier molecular flexibility index (Phi) is 6.21. The standard InChI is InChI=1S/C29H52O2/c1-19(2)29(7,31)15-12-20(3)23-10-11-24-22-9-8-21-18-26(4,30)16-17-27(21,5)25(22)13-14-28(23,24)6/h19-25,30-31H,8-18H2,1-7H3/t20-,21+,22+,23-,24+,25+,26+,27+,28-,29?/m1/s1. The molecule has 0 spiro atoms. The summed E-state index contributed by atoms with van der Waals surface area (Å²) in [5, 5.41) is 21.5. The fourth-order valence-corrected chi connectivity index (χ4v) is 9.42. The highest BCUT2D eigenvalue weighted by atomic mass is 16.3. The molecular formula is C29H52O2. The summed E-state index contributed by atoms with van der Waals surface area (Å²) >= 11 is 0. The highest BCUT2D eigenvalue weighted by Crippen LogP contribution is 2.68. The quantitative estimate of drug-likeness (QED) is 0.481. The van der Waals surface area contributed by atoms with Gasteiger partial charge in [-0.2, -0.15) is 0 Å². The molecule has 0 radical (unpaired) electrons. The van der Waals surface area contributed by atoms with Gasteiger partial charge in [-0.15, -0.1) is 0 Å². The molecular weight excluding hydrogens is 380 g/mol. The zero-order chi connectivity index (χ0) is 22.8. The van der Waals surface area contributed by atoms with Crippen molar-refractivity contribution in [1.29, 1.82) is 0 Å². The molecule has 0 aliphatic heterocycles. The minimum atomic E-state index is -0.528. The van der Waals surface area contributed by atoms with E-state index in [9.17, 15) is 10.2 Å². The predicted octanol–water partition coefficient (Wildman–Crippen LogP) is 7.22. The summed E-state index contributed by atoms with van der Waals surface area (Å²) in [5.74, 6) is 5.32. The average molecular weight is 433 g/mol. The molecule has 0 aromatic heterocycles. The van der Waals surface area contributed by atoms with Crippen molar-refractivity contribution in [3.63, 3.8) is 0 Å². The fourth-order valence-electron chi connectivity index (χ4n) is 9.42. The van der Waals surface area contributed by atoms with Crippen LogP contribution in [-0.2, 0) is 0 Å². The first-order valence-electron chi connectivity index (χ1n) is 13.7. The SMILES string of the molecule is CC(C)C(C)(O)CC[C@@H](C)[C@H]1CC[C@H]2[C@@H]3CC[C@H]4C[C@@](C)(O)CC[C@]4(C)[C@H]3CC[C@]12C. The van der Waals surface area contributed by atoms with Gasteiger partial charge in [0.2, 0.25) is 0 Å². The van der Waals surface area contributed by atoms with E-state index >= 15 is 0 Å². The molecule has 4 rings (SSSR count). The molecule has 4 aliphatic carbocycles. The van der Waals surface area contributed by atoms with Crippen LogP contribution in [0.15, 0.2) is 0 Å². The van der Waals surface area contributed by atoms with Crippen LogP contribution in [0.1, 0.15) is 119 Å². The van der Waals surface area contributed by atoms with E-state index in [1.54, 1.807) is 0 Å². The van der Waals surface area contributed by atoms with Crippen LogP contribution in [-0.4, -0.2) is 21.4 Å².